The second kappa shape index (κ2) is 6.66. The number of nitrogens with one attached hydrogen (secondary N) is 1. The van der Waals surface area contributed by atoms with E-state index in [0.29, 0.717) is 11.8 Å². The van der Waals surface area contributed by atoms with Crippen LogP contribution in [0.25, 0.3) is 0 Å². The van der Waals surface area contributed by atoms with Crippen molar-refractivity contribution in [2.75, 3.05) is 26.7 Å². The van der Waals surface area contributed by atoms with E-state index in [2.05, 4.69) is 49.9 Å². The fourth-order valence-corrected chi connectivity index (χ4v) is 3.66. The molecule has 2 saturated heterocycles. The Kier molecular flexibility index (Phi) is 5.31. The predicted octanol–water partition coefficient (Wildman–Crippen LogP) is 2.30. The minimum atomic E-state index is 0.0391. The zero-order valence-electron chi connectivity index (χ0n) is 14.5. The highest BCUT2D eigenvalue weighted by Crippen LogP contribution is 2.34. The lowest BCUT2D eigenvalue weighted by molar-refractivity contribution is -0.132. The fourth-order valence-electron chi connectivity index (χ4n) is 3.66. The van der Waals surface area contributed by atoms with Crippen molar-refractivity contribution in [3.05, 3.63) is 0 Å². The van der Waals surface area contributed by atoms with Gasteiger partial charge in [0.25, 0.3) is 0 Å². The standard InChI is InChI=1S/C17H33N3O/c1-6-7-14-16(21)20(15(18-14)13(2)3)12-17(4)8-10-19(5)11-9-17/h13-15,18H,6-12H2,1-5H3. The molecule has 1 amide bonds. The molecule has 2 rings (SSSR count). The molecule has 0 aromatic carbocycles. The van der Waals surface area contributed by atoms with Crippen molar-refractivity contribution in [2.45, 2.75) is 65.6 Å². The molecule has 2 fully saturated rings. The Morgan fingerprint density at radius 2 is 1.95 bits per heavy atom. The number of likely N-dealkylation sites (tertiary alicyclic amines) is 1. The molecule has 21 heavy (non-hydrogen) atoms. The van der Waals surface area contributed by atoms with Gasteiger partial charge in [0.1, 0.15) is 0 Å². The minimum absolute atomic E-state index is 0.0391. The molecule has 2 aliphatic heterocycles. The van der Waals surface area contributed by atoms with Gasteiger partial charge in [0.05, 0.1) is 12.2 Å². The largest absolute Gasteiger partial charge is 0.325 e. The average Bonchev–Trinajstić information content (AvgIpc) is 2.72. The molecule has 0 aromatic heterocycles. The van der Waals surface area contributed by atoms with Gasteiger partial charge in [-0.05, 0) is 50.7 Å². The highest BCUT2D eigenvalue weighted by molar-refractivity contribution is 5.84. The summed E-state index contributed by atoms with van der Waals surface area (Å²) in [4.78, 5) is 17.3. The van der Waals surface area contributed by atoms with Crippen molar-refractivity contribution in [3.8, 4) is 0 Å². The van der Waals surface area contributed by atoms with Crippen molar-refractivity contribution in [1.29, 1.82) is 0 Å². The van der Waals surface area contributed by atoms with Crippen molar-refractivity contribution in [1.82, 2.24) is 15.1 Å². The summed E-state index contributed by atoms with van der Waals surface area (Å²) in [5.74, 6) is 0.793. The van der Waals surface area contributed by atoms with Crippen LogP contribution in [-0.4, -0.2) is 54.6 Å². The quantitative estimate of drug-likeness (QED) is 0.845. The summed E-state index contributed by atoms with van der Waals surface area (Å²) >= 11 is 0. The van der Waals surface area contributed by atoms with Crippen LogP contribution in [0, 0.1) is 11.3 Å². The van der Waals surface area contributed by atoms with Crippen LogP contribution in [0.4, 0.5) is 0 Å². The number of hydrogen-bond acceptors (Lipinski definition) is 3. The van der Waals surface area contributed by atoms with Crippen LogP contribution in [-0.2, 0) is 4.79 Å². The molecule has 4 nitrogen and oxygen atoms in total. The topological polar surface area (TPSA) is 35.6 Å². The fraction of sp³-hybridized carbons (Fsp3) is 0.941. The van der Waals surface area contributed by atoms with Gasteiger partial charge in [0.2, 0.25) is 5.91 Å². The van der Waals surface area contributed by atoms with E-state index in [1.807, 2.05) is 0 Å². The maximum absolute atomic E-state index is 12.7. The Hall–Kier alpha value is -0.610. The number of amides is 1. The Balaban J connectivity index is 2.06. The Morgan fingerprint density at radius 1 is 1.33 bits per heavy atom. The van der Waals surface area contributed by atoms with Crippen molar-refractivity contribution < 1.29 is 4.79 Å². The summed E-state index contributed by atoms with van der Waals surface area (Å²) in [5, 5.41) is 3.57. The molecule has 0 aromatic rings. The van der Waals surface area contributed by atoms with Crippen LogP contribution >= 0.6 is 0 Å². The molecular formula is C17H33N3O. The van der Waals surface area contributed by atoms with Gasteiger partial charge in [-0.25, -0.2) is 0 Å². The smallest absolute Gasteiger partial charge is 0.241 e. The first-order valence-corrected chi connectivity index (χ1v) is 8.61. The third-order valence-corrected chi connectivity index (χ3v) is 5.24. The Morgan fingerprint density at radius 3 is 2.48 bits per heavy atom. The molecule has 0 bridgehead atoms. The monoisotopic (exact) mass is 295 g/mol. The number of piperidine rings is 1. The lowest BCUT2D eigenvalue weighted by Crippen LogP contribution is -2.49. The first-order chi connectivity index (χ1) is 9.86. The number of carbonyl (C=O) groups is 1. The lowest BCUT2D eigenvalue weighted by atomic mass is 9.79. The maximum Gasteiger partial charge on any atom is 0.241 e. The maximum atomic E-state index is 12.7. The summed E-state index contributed by atoms with van der Waals surface area (Å²) < 4.78 is 0. The molecule has 0 saturated carbocycles. The molecule has 0 aliphatic carbocycles. The second-order valence-corrected chi connectivity index (χ2v) is 7.78. The second-order valence-electron chi connectivity index (χ2n) is 7.78. The van der Waals surface area contributed by atoms with Crippen molar-refractivity contribution in [3.63, 3.8) is 0 Å². The molecular weight excluding hydrogens is 262 g/mol. The van der Waals surface area contributed by atoms with Crippen LogP contribution in [0.3, 0.4) is 0 Å². The van der Waals surface area contributed by atoms with E-state index < -0.39 is 0 Å². The van der Waals surface area contributed by atoms with Gasteiger partial charge in [-0.15, -0.1) is 0 Å². The Labute approximate surface area is 130 Å². The number of rotatable bonds is 5. The predicted molar refractivity (Wildman–Crippen MR) is 87.0 cm³/mol. The first-order valence-electron chi connectivity index (χ1n) is 8.61. The minimum Gasteiger partial charge on any atom is -0.325 e. The number of nitrogens with zero attached hydrogens (tertiary/aromatic N) is 2. The van der Waals surface area contributed by atoms with Gasteiger partial charge in [-0.1, -0.05) is 34.1 Å². The molecule has 2 aliphatic rings. The van der Waals surface area contributed by atoms with E-state index in [4.69, 9.17) is 0 Å². The van der Waals surface area contributed by atoms with Gasteiger partial charge < -0.3 is 9.80 Å². The highest BCUT2D eigenvalue weighted by Gasteiger charge is 2.43. The number of carbonyl (C=O) groups excluding carboxylic acids is 1. The van der Waals surface area contributed by atoms with E-state index in [0.717, 1.165) is 32.5 Å². The molecule has 2 heterocycles. The first kappa shape index (κ1) is 16.8. The van der Waals surface area contributed by atoms with E-state index in [1.54, 1.807) is 0 Å². The SMILES string of the molecule is CCCC1NC(C(C)C)N(CC2(C)CCN(C)CC2)C1=O. The average molecular weight is 295 g/mol. The zero-order chi connectivity index (χ0) is 15.6. The molecule has 0 spiro atoms. The Bertz CT molecular complexity index is 361. The molecule has 2 unspecified atom stereocenters. The van der Waals surface area contributed by atoms with Crippen LogP contribution in [0.5, 0.6) is 0 Å². The van der Waals surface area contributed by atoms with Gasteiger partial charge in [0.15, 0.2) is 0 Å². The van der Waals surface area contributed by atoms with Crippen LogP contribution in [0.15, 0.2) is 0 Å². The molecule has 1 N–H and O–H groups in total. The zero-order valence-corrected chi connectivity index (χ0v) is 14.5. The van der Waals surface area contributed by atoms with Crippen LogP contribution in [0.1, 0.15) is 53.4 Å². The number of hydrogen-bond donors (Lipinski definition) is 1. The summed E-state index contributed by atoms with van der Waals surface area (Å²) in [6.07, 6.45) is 4.61. The molecule has 0 radical (unpaired) electrons. The van der Waals surface area contributed by atoms with E-state index >= 15 is 0 Å². The lowest BCUT2D eigenvalue weighted by Gasteiger charge is -2.42. The van der Waals surface area contributed by atoms with E-state index in [9.17, 15) is 4.79 Å². The van der Waals surface area contributed by atoms with Crippen molar-refractivity contribution in [2.24, 2.45) is 11.3 Å². The summed E-state index contributed by atoms with van der Waals surface area (Å²) in [6, 6.07) is 0.0391. The molecule has 122 valence electrons. The summed E-state index contributed by atoms with van der Waals surface area (Å²) in [7, 11) is 2.19. The summed E-state index contributed by atoms with van der Waals surface area (Å²) in [6.45, 7) is 12.1. The van der Waals surface area contributed by atoms with Crippen LogP contribution < -0.4 is 5.32 Å². The third kappa shape index (κ3) is 3.78. The highest BCUT2D eigenvalue weighted by atomic mass is 16.2. The third-order valence-electron chi connectivity index (χ3n) is 5.24. The van der Waals surface area contributed by atoms with E-state index in [-0.39, 0.29) is 17.6 Å². The molecule has 2 atom stereocenters. The summed E-state index contributed by atoms with van der Waals surface area (Å²) in [5.41, 5.74) is 0.276. The normalized spacial score (nSPS) is 30.4. The van der Waals surface area contributed by atoms with Gasteiger partial charge in [-0.2, -0.15) is 0 Å². The van der Waals surface area contributed by atoms with Crippen LogP contribution in [0.2, 0.25) is 0 Å². The van der Waals surface area contributed by atoms with Gasteiger partial charge >= 0.3 is 0 Å². The van der Waals surface area contributed by atoms with Gasteiger partial charge in [-0.3, -0.25) is 10.1 Å². The van der Waals surface area contributed by atoms with Gasteiger partial charge in [0, 0.05) is 6.54 Å². The molecule has 4 heteroatoms. The van der Waals surface area contributed by atoms with Crippen molar-refractivity contribution >= 4 is 5.91 Å². The van der Waals surface area contributed by atoms with E-state index in [1.165, 1.54) is 12.8 Å².